The van der Waals surface area contributed by atoms with Crippen molar-refractivity contribution in [3.05, 3.63) is 28.8 Å². The molecule has 0 saturated heterocycles. The Morgan fingerprint density at radius 1 is 1.45 bits per heavy atom. The van der Waals surface area contributed by atoms with E-state index in [1.807, 2.05) is 6.07 Å². The number of halogens is 1. The lowest BCUT2D eigenvalue weighted by Crippen LogP contribution is -2.43. The number of rotatable bonds is 6. The molecule has 1 amide bonds. The normalized spacial score (nSPS) is 15.5. The zero-order chi connectivity index (χ0) is 14.8. The number of hydrogen-bond donors (Lipinski definition) is 2. The van der Waals surface area contributed by atoms with Gasteiger partial charge in [-0.05, 0) is 37.0 Å². The summed E-state index contributed by atoms with van der Waals surface area (Å²) in [5, 5.41) is 12.1. The molecule has 1 aromatic carbocycles. The maximum atomic E-state index is 11.8. The molecule has 1 aliphatic carbocycles. The third kappa shape index (κ3) is 3.22. The molecule has 1 saturated carbocycles. The highest BCUT2D eigenvalue weighted by Crippen LogP contribution is 2.35. The molecule has 1 aromatic rings. The van der Waals surface area contributed by atoms with Crippen molar-refractivity contribution in [2.45, 2.75) is 31.2 Å². The Balaban J connectivity index is 1.87. The zero-order valence-electron chi connectivity index (χ0n) is 11.1. The summed E-state index contributed by atoms with van der Waals surface area (Å²) < 4.78 is 5.05. The number of methoxy groups -OCH3 is 1. The number of amides is 1. The Hall–Kier alpha value is -1.75. The lowest BCUT2D eigenvalue weighted by Gasteiger charge is -2.12. The molecular weight excluding hydrogens is 282 g/mol. The van der Waals surface area contributed by atoms with E-state index in [2.05, 4.69) is 5.32 Å². The van der Waals surface area contributed by atoms with Crippen LogP contribution in [0.25, 0.3) is 0 Å². The summed E-state index contributed by atoms with van der Waals surface area (Å²) in [6, 6.07) is 5.33. The summed E-state index contributed by atoms with van der Waals surface area (Å²) in [5.41, 5.74) is -0.111. The first-order valence-electron chi connectivity index (χ1n) is 6.34. The van der Waals surface area contributed by atoms with Crippen LogP contribution < -0.4 is 10.1 Å². The lowest BCUT2D eigenvalue weighted by molar-refractivity contribution is -0.143. The fourth-order valence-corrected chi connectivity index (χ4v) is 2.25. The van der Waals surface area contributed by atoms with Gasteiger partial charge in [-0.3, -0.25) is 4.79 Å². The summed E-state index contributed by atoms with van der Waals surface area (Å²) in [5.74, 6) is -0.627. The van der Waals surface area contributed by atoms with Crippen LogP contribution in [0, 0.1) is 0 Å². The highest BCUT2D eigenvalue weighted by Gasteiger charge is 2.51. The number of aliphatic carboxylic acids is 1. The Morgan fingerprint density at radius 2 is 2.15 bits per heavy atom. The minimum absolute atomic E-state index is 0.234. The van der Waals surface area contributed by atoms with E-state index in [9.17, 15) is 9.59 Å². The van der Waals surface area contributed by atoms with Crippen molar-refractivity contribution in [2.75, 3.05) is 7.11 Å². The standard InChI is InChI=1S/C14H16ClNO4/c1-20-11-4-2-9(8-10(11)15)3-5-12(17)16-14(6-7-14)13(18)19/h2,4,8H,3,5-7H2,1H3,(H,16,17)(H,18,19). The van der Waals surface area contributed by atoms with Gasteiger partial charge in [-0.1, -0.05) is 17.7 Å². The smallest absolute Gasteiger partial charge is 0.329 e. The summed E-state index contributed by atoms with van der Waals surface area (Å²) >= 11 is 6.00. The number of benzene rings is 1. The van der Waals surface area contributed by atoms with E-state index in [0.29, 0.717) is 30.0 Å². The molecule has 2 N–H and O–H groups in total. The first-order chi connectivity index (χ1) is 9.47. The Morgan fingerprint density at radius 3 is 2.65 bits per heavy atom. The maximum absolute atomic E-state index is 11.8. The van der Waals surface area contributed by atoms with Gasteiger partial charge in [0.2, 0.25) is 5.91 Å². The maximum Gasteiger partial charge on any atom is 0.329 e. The van der Waals surface area contributed by atoms with E-state index < -0.39 is 11.5 Å². The van der Waals surface area contributed by atoms with Gasteiger partial charge in [-0.15, -0.1) is 0 Å². The van der Waals surface area contributed by atoms with E-state index in [-0.39, 0.29) is 12.3 Å². The molecule has 0 atom stereocenters. The third-order valence-electron chi connectivity index (χ3n) is 3.40. The topological polar surface area (TPSA) is 75.6 Å². The quantitative estimate of drug-likeness (QED) is 0.842. The summed E-state index contributed by atoms with van der Waals surface area (Å²) in [6.45, 7) is 0. The van der Waals surface area contributed by atoms with Crippen LogP contribution >= 0.6 is 11.6 Å². The molecular formula is C14H16ClNO4. The molecule has 108 valence electrons. The van der Waals surface area contributed by atoms with Gasteiger partial charge in [0.1, 0.15) is 11.3 Å². The second kappa shape index (κ2) is 5.71. The van der Waals surface area contributed by atoms with Crippen molar-refractivity contribution >= 4 is 23.5 Å². The van der Waals surface area contributed by atoms with Crippen LogP contribution in [0.4, 0.5) is 0 Å². The van der Waals surface area contributed by atoms with Crippen LogP contribution in [0.5, 0.6) is 5.75 Å². The summed E-state index contributed by atoms with van der Waals surface area (Å²) in [6.07, 6.45) is 1.74. The highest BCUT2D eigenvalue weighted by molar-refractivity contribution is 6.32. The number of carboxylic acid groups (broad SMARTS) is 1. The van der Waals surface area contributed by atoms with Gasteiger partial charge in [-0.2, -0.15) is 0 Å². The fourth-order valence-electron chi connectivity index (χ4n) is 1.97. The Kier molecular flexibility index (Phi) is 4.18. The lowest BCUT2D eigenvalue weighted by atomic mass is 10.1. The average molecular weight is 298 g/mol. The van der Waals surface area contributed by atoms with Crippen LogP contribution in [0.15, 0.2) is 18.2 Å². The molecule has 1 fully saturated rings. The molecule has 5 nitrogen and oxygen atoms in total. The van der Waals surface area contributed by atoms with Gasteiger partial charge in [0.25, 0.3) is 0 Å². The first kappa shape index (κ1) is 14.7. The predicted molar refractivity (Wildman–Crippen MR) is 74.1 cm³/mol. The van der Waals surface area contributed by atoms with Gasteiger partial charge in [0.05, 0.1) is 12.1 Å². The number of carboxylic acids is 1. The summed E-state index contributed by atoms with van der Waals surface area (Å²) in [4.78, 5) is 22.7. The zero-order valence-corrected chi connectivity index (χ0v) is 11.9. The van der Waals surface area contributed by atoms with Crippen molar-refractivity contribution in [3.8, 4) is 5.75 Å². The molecule has 1 aliphatic rings. The molecule has 0 heterocycles. The van der Waals surface area contributed by atoms with Crippen molar-refractivity contribution < 1.29 is 19.4 Å². The number of hydrogen-bond acceptors (Lipinski definition) is 3. The number of nitrogens with one attached hydrogen (secondary N) is 1. The van der Waals surface area contributed by atoms with E-state index in [0.717, 1.165) is 5.56 Å². The minimum atomic E-state index is -1.02. The van der Waals surface area contributed by atoms with E-state index in [1.54, 1.807) is 12.1 Å². The van der Waals surface area contributed by atoms with Crippen molar-refractivity contribution in [1.29, 1.82) is 0 Å². The first-order valence-corrected chi connectivity index (χ1v) is 6.71. The summed E-state index contributed by atoms with van der Waals surface area (Å²) in [7, 11) is 1.54. The van der Waals surface area contributed by atoms with E-state index >= 15 is 0 Å². The number of carbonyl (C=O) groups excluding carboxylic acids is 1. The van der Waals surface area contributed by atoms with Crippen LogP contribution in [0.1, 0.15) is 24.8 Å². The van der Waals surface area contributed by atoms with Crippen molar-refractivity contribution in [2.24, 2.45) is 0 Å². The second-order valence-corrected chi connectivity index (χ2v) is 5.31. The molecule has 0 unspecified atom stereocenters. The molecule has 20 heavy (non-hydrogen) atoms. The van der Waals surface area contributed by atoms with Crippen molar-refractivity contribution in [3.63, 3.8) is 0 Å². The van der Waals surface area contributed by atoms with Gasteiger partial charge in [0, 0.05) is 6.42 Å². The molecule has 2 rings (SSSR count). The van der Waals surface area contributed by atoms with Gasteiger partial charge in [0.15, 0.2) is 0 Å². The molecule has 0 radical (unpaired) electrons. The number of carbonyl (C=O) groups is 2. The predicted octanol–water partition coefficient (Wildman–Crippen LogP) is 2.01. The number of ether oxygens (including phenoxy) is 1. The van der Waals surface area contributed by atoms with Crippen LogP contribution in [-0.4, -0.2) is 29.6 Å². The number of aryl methyl sites for hydroxylation is 1. The Bertz CT molecular complexity index is 540. The van der Waals surface area contributed by atoms with Crippen LogP contribution in [0.3, 0.4) is 0 Å². The monoisotopic (exact) mass is 297 g/mol. The molecule has 0 bridgehead atoms. The van der Waals surface area contributed by atoms with Gasteiger partial charge >= 0.3 is 5.97 Å². The highest BCUT2D eigenvalue weighted by atomic mass is 35.5. The van der Waals surface area contributed by atoms with Gasteiger partial charge < -0.3 is 15.2 Å². The van der Waals surface area contributed by atoms with E-state index in [4.69, 9.17) is 21.4 Å². The van der Waals surface area contributed by atoms with E-state index in [1.165, 1.54) is 7.11 Å². The van der Waals surface area contributed by atoms with Crippen molar-refractivity contribution in [1.82, 2.24) is 5.32 Å². The third-order valence-corrected chi connectivity index (χ3v) is 3.69. The largest absolute Gasteiger partial charge is 0.495 e. The molecule has 0 aromatic heterocycles. The van der Waals surface area contributed by atoms with Crippen LogP contribution in [-0.2, 0) is 16.0 Å². The second-order valence-electron chi connectivity index (χ2n) is 4.90. The van der Waals surface area contributed by atoms with Crippen LogP contribution in [0.2, 0.25) is 5.02 Å². The molecule has 0 aliphatic heterocycles. The fraction of sp³-hybridized carbons (Fsp3) is 0.429. The minimum Gasteiger partial charge on any atom is -0.495 e. The Labute approximate surface area is 121 Å². The average Bonchev–Trinajstić information content (AvgIpc) is 3.17. The molecule has 0 spiro atoms. The molecule has 6 heteroatoms. The van der Waals surface area contributed by atoms with Gasteiger partial charge in [-0.25, -0.2) is 4.79 Å². The SMILES string of the molecule is COc1ccc(CCC(=O)NC2(C(=O)O)CC2)cc1Cl.